The van der Waals surface area contributed by atoms with E-state index in [1.807, 2.05) is 6.92 Å². The predicted molar refractivity (Wildman–Crippen MR) is 54.8 cm³/mol. The minimum Gasteiger partial charge on any atom is -0.515 e. The topological polar surface area (TPSA) is 55.8 Å². The number of ether oxygens (including phenoxy) is 2. The highest BCUT2D eigenvalue weighted by molar-refractivity contribution is 5.67. The third-order valence-corrected chi connectivity index (χ3v) is 2.20. The van der Waals surface area contributed by atoms with Crippen LogP contribution >= 0.6 is 0 Å². The van der Waals surface area contributed by atoms with Crippen molar-refractivity contribution >= 4 is 5.97 Å². The van der Waals surface area contributed by atoms with Gasteiger partial charge in [0.05, 0.1) is 13.4 Å². The van der Waals surface area contributed by atoms with Crippen LogP contribution in [0.15, 0.2) is 35.5 Å². The Bertz CT molecular complexity index is 350. The van der Waals surface area contributed by atoms with E-state index in [0.717, 1.165) is 6.26 Å². The molecule has 0 spiro atoms. The van der Waals surface area contributed by atoms with Crippen LogP contribution in [0.1, 0.15) is 13.8 Å². The third kappa shape index (κ3) is 2.40. The van der Waals surface area contributed by atoms with E-state index in [4.69, 9.17) is 14.6 Å². The molecule has 4 nitrogen and oxygen atoms in total. The molecule has 0 aromatic carbocycles. The van der Waals surface area contributed by atoms with Gasteiger partial charge in [-0.25, -0.2) is 0 Å². The van der Waals surface area contributed by atoms with E-state index in [1.165, 1.54) is 14.0 Å². The minimum atomic E-state index is -0.375. The number of aliphatic hydroxyl groups excluding tert-OH is 1. The Kier molecular flexibility index (Phi) is 3.55. The lowest BCUT2D eigenvalue weighted by Gasteiger charge is -2.22. The fourth-order valence-corrected chi connectivity index (χ4v) is 1.41. The summed E-state index contributed by atoms with van der Waals surface area (Å²) in [5, 5.41) is 9.06. The molecule has 0 heterocycles. The molecule has 4 heteroatoms. The van der Waals surface area contributed by atoms with Gasteiger partial charge in [0.2, 0.25) is 0 Å². The second-order valence-electron chi connectivity index (χ2n) is 3.20. The lowest BCUT2D eigenvalue weighted by atomic mass is 9.94. The Morgan fingerprint density at radius 2 is 2.20 bits per heavy atom. The smallest absolute Gasteiger partial charge is 0.307 e. The Balaban J connectivity index is 2.98. The molecule has 1 N–H and O–H groups in total. The Hall–Kier alpha value is -1.71. The van der Waals surface area contributed by atoms with Crippen LogP contribution in [-0.4, -0.2) is 18.2 Å². The minimum absolute atomic E-state index is 0.196. The zero-order valence-electron chi connectivity index (χ0n) is 8.98. The normalized spacial score (nSPS) is 23.1. The molecule has 0 fully saturated rings. The van der Waals surface area contributed by atoms with E-state index in [1.54, 1.807) is 12.2 Å². The zero-order chi connectivity index (χ0) is 11.4. The molecule has 1 unspecified atom stereocenters. The van der Waals surface area contributed by atoms with Gasteiger partial charge < -0.3 is 14.6 Å². The van der Waals surface area contributed by atoms with Crippen molar-refractivity contribution in [3.8, 4) is 0 Å². The number of carbonyl (C=O) groups excluding carboxylic acids is 1. The molecule has 1 aliphatic carbocycles. The van der Waals surface area contributed by atoms with Gasteiger partial charge in [0, 0.05) is 18.4 Å². The fraction of sp³-hybridized carbons (Fsp3) is 0.364. The van der Waals surface area contributed by atoms with E-state index in [0.29, 0.717) is 17.1 Å². The van der Waals surface area contributed by atoms with Gasteiger partial charge in [0.1, 0.15) is 11.5 Å². The van der Waals surface area contributed by atoms with Crippen molar-refractivity contribution in [2.45, 2.75) is 13.8 Å². The second-order valence-corrected chi connectivity index (χ2v) is 3.20. The molecule has 0 saturated heterocycles. The molecular weight excluding hydrogens is 196 g/mol. The monoisotopic (exact) mass is 210 g/mol. The van der Waals surface area contributed by atoms with Crippen LogP contribution in [0.25, 0.3) is 0 Å². The van der Waals surface area contributed by atoms with Gasteiger partial charge in [-0.15, -0.1) is 0 Å². The van der Waals surface area contributed by atoms with Gasteiger partial charge in [-0.2, -0.15) is 0 Å². The molecule has 1 aliphatic rings. The van der Waals surface area contributed by atoms with Gasteiger partial charge in [0.25, 0.3) is 0 Å². The first-order valence-corrected chi connectivity index (χ1v) is 4.59. The summed E-state index contributed by atoms with van der Waals surface area (Å²) < 4.78 is 10.1. The second kappa shape index (κ2) is 4.68. The summed E-state index contributed by atoms with van der Waals surface area (Å²) in [6.07, 6.45) is 4.29. The molecule has 0 saturated carbocycles. The van der Waals surface area contributed by atoms with Crippen LogP contribution < -0.4 is 0 Å². The summed E-state index contributed by atoms with van der Waals surface area (Å²) in [7, 11) is 1.52. The molecule has 0 aliphatic heterocycles. The molecular formula is C11H14O4. The van der Waals surface area contributed by atoms with Crippen molar-refractivity contribution in [1.29, 1.82) is 0 Å². The van der Waals surface area contributed by atoms with Gasteiger partial charge >= 0.3 is 5.97 Å². The number of aliphatic hydroxyl groups is 1. The summed E-state index contributed by atoms with van der Waals surface area (Å²) in [4.78, 5) is 10.8. The van der Waals surface area contributed by atoms with Crippen LogP contribution in [0, 0.1) is 5.92 Å². The van der Waals surface area contributed by atoms with Crippen LogP contribution in [0.5, 0.6) is 0 Å². The van der Waals surface area contributed by atoms with Gasteiger partial charge in [-0.1, -0.05) is 6.92 Å². The average Bonchev–Trinajstić information content (AvgIpc) is 2.20. The lowest BCUT2D eigenvalue weighted by Crippen LogP contribution is -2.14. The van der Waals surface area contributed by atoms with E-state index in [-0.39, 0.29) is 11.9 Å². The Labute approximate surface area is 88.5 Å². The first-order chi connectivity index (χ1) is 7.10. The molecule has 82 valence electrons. The lowest BCUT2D eigenvalue weighted by molar-refractivity contribution is -0.137. The molecule has 0 aromatic heterocycles. The maximum Gasteiger partial charge on any atom is 0.307 e. The number of methoxy groups -OCH3 is 1. The summed E-state index contributed by atoms with van der Waals surface area (Å²) in [5.41, 5.74) is 0.594. The highest BCUT2D eigenvalue weighted by Crippen LogP contribution is 2.31. The van der Waals surface area contributed by atoms with Crippen LogP contribution in [0.2, 0.25) is 0 Å². The molecule has 1 rings (SSSR count). The number of allylic oxidation sites excluding steroid dienone is 4. The van der Waals surface area contributed by atoms with Gasteiger partial charge in [-0.3, -0.25) is 4.79 Å². The number of rotatable bonds is 2. The zero-order valence-corrected chi connectivity index (χ0v) is 8.98. The van der Waals surface area contributed by atoms with Crippen molar-refractivity contribution < 1.29 is 19.4 Å². The summed E-state index contributed by atoms with van der Waals surface area (Å²) in [5.74, 6) is 0.503. The highest BCUT2D eigenvalue weighted by Gasteiger charge is 2.24. The first kappa shape index (κ1) is 11.4. The van der Waals surface area contributed by atoms with E-state index >= 15 is 0 Å². The van der Waals surface area contributed by atoms with Crippen LogP contribution in [0.3, 0.4) is 0 Å². The van der Waals surface area contributed by atoms with Gasteiger partial charge in [-0.05, 0) is 12.2 Å². The predicted octanol–water partition coefficient (Wildman–Crippen LogP) is 2.06. The number of carbonyl (C=O) groups is 1. The maximum absolute atomic E-state index is 10.8. The fourth-order valence-electron chi connectivity index (χ4n) is 1.41. The summed E-state index contributed by atoms with van der Waals surface area (Å²) in [6, 6.07) is 0. The average molecular weight is 210 g/mol. The Morgan fingerprint density at radius 1 is 1.53 bits per heavy atom. The highest BCUT2D eigenvalue weighted by atomic mass is 16.5. The number of hydrogen-bond acceptors (Lipinski definition) is 4. The van der Waals surface area contributed by atoms with Gasteiger partial charge in [0.15, 0.2) is 0 Å². The van der Waals surface area contributed by atoms with Crippen LogP contribution in [-0.2, 0) is 14.3 Å². The molecule has 15 heavy (non-hydrogen) atoms. The summed E-state index contributed by atoms with van der Waals surface area (Å²) in [6.45, 7) is 3.16. The summed E-state index contributed by atoms with van der Waals surface area (Å²) >= 11 is 0. The van der Waals surface area contributed by atoms with Crippen molar-refractivity contribution in [2.75, 3.05) is 7.11 Å². The Morgan fingerprint density at radius 3 is 2.67 bits per heavy atom. The quantitative estimate of drug-likeness (QED) is 0.560. The van der Waals surface area contributed by atoms with Crippen LogP contribution in [0.4, 0.5) is 0 Å². The van der Waals surface area contributed by atoms with Crippen molar-refractivity contribution in [3.63, 3.8) is 0 Å². The van der Waals surface area contributed by atoms with E-state index in [2.05, 4.69) is 0 Å². The molecule has 0 radical (unpaired) electrons. The number of hydrogen-bond donors (Lipinski definition) is 1. The molecule has 0 bridgehead atoms. The third-order valence-electron chi connectivity index (χ3n) is 2.20. The standard InChI is InChI=1S/C11H14O4/c1-7-9(6-12)11(14-3)5-4-10(7)15-8(2)13/h4-7,12H,1-3H3. The number of esters is 1. The maximum atomic E-state index is 10.8. The van der Waals surface area contributed by atoms with E-state index < -0.39 is 0 Å². The van der Waals surface area contributed by atoms with Crippen molar-refractivity contribution in [2.24, 2.45) is 5.92 Å². The van der Waals surface area contributed by atoms with Crippen molar-refractivity contribution in [1.82, 2.24) is 0 Å². The SMILES string of the molecule is COC1=CC=C(OC(C)=O)C(C)C1=CO. The largest absolute Gasteiger partial charge is 0.515 e. The molecule has 1 atom stereocenters. The van der Waals surface area contributed by atoms with Crippen molar-refractivity contribution in [3.05, 3.63) is 35.5 Å². The molecule has 0 aromatic rings. The van der Waals surface area contributed by atoms with E-state index in [9.17, 15) is 4.79 Å². The first-order valence-electron chi connectivity index (χ1n) is 4.59. The molecule has 0 amide bonds.